The van der Waals surface area contributed by atoms with E-state index in [9.17, 15) is 9.59 Å². The maximum absolute atomic E-state index is 11.4. The van der Waals surface area contributed by atoms with Crippen LogP contribution in [0.25, 0.3) is 0 Å². The first-order valence-corrected chi connectivity index (χ1v) is 11.0. The molecule has 0 saturated heterocycles. The van der Waals surface area contributed by atoms with Gasteiger partial charge in [0, 0.05) is 27.3 Å². The number of hydrogen-bond acceptors (Lipinski definition) is 6. The van der Waals surface area contributed by atoms with Gasteiger partial charge >= 0.3 is 0 Å². The van der Waals surface area contributed by atoms with Crippen molar-refractivity contribution in [1.82, 2.24) is 20.9 Å². The quantitative estimate of drug-likeness (QED) is 0.406. The summed E-state index contributed by atoms with van der Waals surface area (Å²) in [6, 6.07) is 0. The maximum Gasteiger partial charge on any atom is 0.234 e. The summed E-state index contributed by atoms with van der Waals surface area (Å²) in [5, 5.41) is 8.21. The lowest BCUT2D eigenvalue weighted by molar-refractivity contribution is -0.122. The van der Waals surface area contributed by atoms with Crippen molar-refractivity contribution in [3.05, 3.63) is 0 Å². The number of carbonyl (C=O) groups excluding carboxylic acids is 2. The van der Waals surface area contributed by atoms with Gasteiger partial charge in [-0.15, -0.1) is 0 Å². The molecule has 0 aromatic rings. The van der Waals surface area contributed by atoms with E-state index >= 15 is 0 Å². The van der Waals surface area contributed by atoms with Crippen LogP contribution in [0.3, 0.4) is 0 Å². The van der Waals surface area contributed by atoms with Crippen LogP contribution in [0.5, 0.6) is 0 Å². The van der Waals surface area contributed by atoms with Gasteiger partial charge in [-0.25, -0.2) is 0 Å². The summed E-state index contributed by atoms with van der Waals surface area (Å²) in [4.78, 5) is 24.2. The zero-order valence-corrected chi connectivity index (χ0v) is 21.7. The third-order valence-corrected chi connectivity index (χ3v) is 3.25. The zero-order chi connectivity index (χ0) is 24.4. The minimum Gasteiger partial charge on any atom is -0.383 e. The predicted molar refractivity (Wildman–Crippen MR) is 128 cm³/mol. The molecule has 0 aliphatic carbocycles. The molecule has 184 valence electrons. The van der Waals surface area contributed by atoms with E-state index in [1.54, 1.807) is 21.3 Å². The average molecular weight is 437 g/mol. The molecule has 0 bridgehead atoms. The number of nitrogens with one attached hydrogen (secondary N) is 3. The Morgan fingerprint density at radius 1 is 0.867 bits per heavy atom. The van der Waals surface area contributed by atoms with Crippen LogP contribution >= 0.6 is 0 Å². The Balaban J connectivity index is -0.000000207. The van der Waals surface area contributed by atoms with E-state index in [2.05, 4.69) is 36.7 Å². The lowest BCUT2D eigenvalue weighted by atomic mass is 9.92. The summed E-state index contributed by atoms with van der Waals surface area (Å²) >= 11 is 0. The highest BCUT2D eigenvalue weighted by Crippen LogP contribution is 2.18. The molecule has 2 amide bonds. The molecule has 0 unspecified atom stereocenters. The third-order valence-electron chi connectivity index (χ3n) is 3.25. The largest absolute Gasteiger partial charge is 0.383 e. The van der Waals surface area contributed by atoms with Crippen LogP contribution in [0.1, 0.15) is 54.9 Å². The maximum atomic E-state index is 11.4. The molecule has 0 spiro atoms. The van der Waals surface area contributed by atoms with E-state index < -0.39 is 0 Å². The minimum absolute atomic E-state index is 0.000417. The van der Waals surface area contributed by atoms with Gasteiger partial charge in [-0.2, -0.15) is 0 Å². The first-order valence-electron chi connectivity index (χ1n) is 11.0. The van der Waals surface area contributed by atoms with Crippen LogP contribution in [-0.2, 0) is 19.1 Å². The van der Waals surface area contributed by atoms with Gasteiger partial charge in [-0.05, 0) is 32.5 Å². The van der Waals surface area contributed by atoms with Crippen LogP contribution in [0.4, 0.5) is 0 Å². The Bertz CT molecular complexity index is 362. The van der Waals surface area contributed by atoms with Crippen molar-refractivity contribution in [2.24, 2.45) is 5.41 Å². The van der Waals surface area contributed by atoms with Gasteiger partial charge in [0.25, 0.3) is 0 Å². The molecule has 0 aromatic heterocycles. The van der Waals surface area contributed by atoms with Crippen molar-refractivity contribution in [3.8, 4) is 0 Å². The van der Waals surface area contributed by atoms with Crippen molar-refractivity contribution >= 4 is 11.8 Å². The van der Waals surface area contributed by atoms with Gasteiger partial charge in [0.1, 0.15) is 0 Å². The Morgan fingerprint density at radius 2 is 1.30 bits per heavy atom. The van der Waals surface area contributed by atoms with Gasteiger partial charge in [0.15, 0.2) is 0 Å². The number of amides is 2. The van der Waals surface area contributed by atoms with Crippen molar-refractivity contribution in [1.29, 1.82) is 0 Å². The second-order valence-electron chi connectivity index (χ2n) is 7.26. The summed E-state index contributed by atoms with van der Waals surface area (Å²) in [6.45, 7) is 18.7. The molecule has 8 heteroatoms. The van der Waals surface area contributed by atoms with Gasteiger partial charge in [-0.1, -0.05) is 48.5 Å². The highest BCUT2D eigenvalue weighted by molar-refractivity contribution is 5.78. The Hall–Kier alpha value is -1.22. The number of carbonyl (C=O) groups is 2. The van der Waals surface area contributed by atoms with Gasteiger partial charge < -0.3 is 25.4 Å². The van der Waals surface area contributed by atoms with E-state index in [0.29, 0.717) is 44.8 Å². The molecule has 30 heavy (non-hydrogen) atoms. The molecule has 3 N–H and O–H groups in total. The molecule has 0 aromatic carbocycles. The van der Waals surface area contributed by atoms with Gasteiger partial charge in [-0.3, -0.25) is 14.5 Å². The molecule has 0 atom stereocenters. The summed E-state index contributed by atoms with van der Waals surface area (Å²) < 4.78 is 9.60. The van der Waals surface area contributed by atoms with Crippen molar-refractivity contribution in [2.75, 3.05) is 74.3 Å². The SMILES string of the molecule is CC.CC.CNCC(=O)NCCOC.COCCNC(=O)CN(C)CCC(C)(C)C. The molecular formula is C22H52N4O4. The van der Waals surface area contributed by atoms with E-state index in [1.165, 1.54) is 0 Å². The number of nitrogens with zero attached hydrogens (tertiary/aromatic N) is 1. The third kappa shape index (κ3) is 37.5. The average Bonchev–Trinajstić information content (AvgIpc) is 2.70. The fraction of sp³-hybridized carbons (Fsp3) is 0.909. The topological polar surface area (TPSA) is 91.9 Å². The number of likely N-dealkylation sites (N-methyl/N-ethyl adjacent to an activating group) is 2. The fourth-order valence-corrected chi connectivity index (χ4v) is 1.71. The summed E-state index contributed by atoms with van der Waals surface area (Å²) in [6.07, 6.45) is 1.09. The lowest BCUT2D eigenvalue weighted by Crippen LogP contribution is -2.37. The number of ether oxygens (including phenoxy) is 2. The van der Waals surface area contributed by atoms with E-state index in [-0.39, 0.29) is 11.8 Å². The van der Waals surface area contributed by atoms with Crippen LogP contribution in [0.15, 0.2) is 0 Å². The first-order chi connectivity index (χ1) is 14.2. The smallest absolute Gasteiger partial charge is 0.234 e. The van der Waals surface area contributed by atoms with Crippen LogP contribution in [0, 0.1) is 5.41 Å². The number of rotatable bonds is 12. The molecule has 0 radical (unpaired) electrons. The molecule has 0 rings (SSSR count). The molecule has 0 heterocycles. The van der Waals surface area contributed by atoms with Gasteiger partial charge in [0.2, 0.25) is 11.8 Å². The highest BCUT2D eigenvalue weighted by atomic mass is 16.5. The number of methoxy groups -OCH3 is 2. The Kier molecular flexibility index (Phi) is 33.5. The molecule has 0 fully saturated rings. The lowest BCUT2D eigenvalue weighted by Gasteiger charge is -2.23. The summed E-state index contributed by atoms with van der Waals surface area (Å²) in [5.74, 6) is 0.0630. The van der Waals surface area contributed by atoms with Crippen LogP contribution in [-0.4, -0.2) is 91.0 Å². The molecule has 0 aliphatic heterocycles. The minimum atomic E-state index is -0.000417. The summed E-state index contributed by atoms with van der Waals surface area (Å²) in [5.41, 5.74) is 0.320. The standard InChI is InChI=1S/C12H26N2O2.C6H14N2O2.2C2H6/c1-12(2,3)6-8-14(4)10-11(15)13-7-9-16-5;1-7-5-6(9)8-3-4-10-2;2*1-2/h6-10H2,1-5H3,(H,13,15);7H,3-5H2,1-2H3,(H,8,9);2*1-2H3. The first kappa shape index (κ1) is 36.2. The fourth-order valence-electron chi connectivity index (χ4n) is 1.71. The van der Waals surface area contributed by atoms with Crippen LogP contribution in [0.2, 0.25) is 0 Å². The van der Waals surface area contributed by atoms with Gasteiger partial charge in [0.05, 0.1) is 26.3 Å². The Labute approximate surface area is 186 Å². The zero-order valence-electron chi connectivity index (χ0n) is 21.7. The van der Waals surface area contributed by atoms with Crippen LogP contribution < -0.4 is 16.0 Å². The highest BCUT2D eigenvalue weighted by Gasteiger charge is 2.12. The second kappa shape index (κ2) is 27.8. The molecule has 0 saturated carbocycles. The van der Waals surface area contributed by atoms with E-state index in [0.717, 1.165) is 13.0 Å². The normalized spacial score (nSPS) is 9.87. The monoisotopic (exact) mass is 436 g/mol. The molecule has 8 nitrogen and oxygen atoms in total. The van der Waals surface area contributed by atoms with Crippen molar-refractivity contribution in [3.63, 3.8) is 0 Å². The summed E-state index contributed by atoms with van der Waals surface area (Å²) in [7, 11) is 6.93. The van der Waals surface area contributed by atoms with E-state index in [4.69, 9.17) is 9.47 Å². The predicted octanol–water partition coefficient (Wildman–Crippen LogP) is 2.14. The number of hydrogen-bond donors (Lipinski definition) is 3. The molecular weight excluding hydrogens is 384 g/mol. The second-order valence-corrected chi connectivity index (χ2v) is 7.26. The van der Waals surface area contributed by atoms with Crippen molar-refractivity contribution < 1.29 is 19.1 Å². The van der Waals surface area contributed by atoms with Crippen molar-refractivity contribution in [2.45, 2.75) is 54.9 Å². The Morgan fingerprint density at radius 3 is 1.67 bits per heavy atom. The molecule has 0 aliphatic rings. The van der Waals surface area contributed by atoms with E-state index in [1.807, 2.05) is 39.6 Å².